The van der Waals surface area contributed by atoms with Crippen molar-refractivity contribution >= 4 is 44.4 Å². The van der Waals surface area contributed by atoms with E-state index >= 15 is 0 Å². The number of hydrogen-bond donors (Lipinski definition) is 0. The average Bonchev–Trinajstić information content (AvgIpc) is 3.25. The van der Waals surface area contributed by atoms with Crippen molar-refractivity contribution in [1.29, 1.82) is 0 Å². The molecule has 2 heterocycles. The van der Waals surface area contributed by atoms with Crippen molar-refractivity contribution in [3.8, 4) is 0 Å². The largest absolute Gasteiger partial charge is 0.465 e. The molecule has 0 atom stereocenters. The van der Waals surface area contributed by atoms with Gasteiger partial charge in [-0.1, -0.05) is 35.6 Å². The summed E-state index contributed by atoms with van der Waals surface area (Å²) in [5.41, 5.74) is 3.63. The number of furan rings is 1. The highest BCUT2D eigenvalue weighted by molar-refractivity contribution is 7.16. The molecule has 6 nitrogen and oxygen atoms in total. The molecule has 2 aromatic carbocycles. The fourth-order valence-electron chi connectivity index (χ4n) is 3.32. The molecule has 4 rings (SSSR count). The Morgan fingerprint density at radius 2 is 1.97 bits per heavy atom. The van der Waals surface area contributed by atoms with Gasteiger partial charge < -0.3 is 13.7 Å². The Morgan fingerprint density at radius 3 is 2.72 bits per heavy atom. The van der Waals surface area contributed by atoms with Gasteiger partial charge in [-0.3, -0.25) is 9.59 Å². The molecule has 7 heteroatoms. The first-order valence-electron chi connectivity index (χ1n) is 9.30. The van der Waals surface area contributed by atoms with Crippen LogP contribution in [0.5, 0.6) is 0 Å². The van der Waals surface area contributed by atoms with Crippen molar-refractivity contribution < 1.29 is 18.7 Å². The Bertz CT molecular complexity index is 1280. The van der Waals surface area contributed by atoms with Gasteiger partial charge in [0.15, 0.2) is 10.6 Å². The Labute approximate surface area is 171 Å². The number of carbonyl (C=O) groups excluding carboxylic acids is 2. The first kappa shape index (κ1) is 19.1. The van der Waals surface area contributed by atoms with E-state index in [2.05, 4.69) is 11.1 Å². The zero-order chi connectivity index (χ0) is 20.5. The van der Waals surface area contributed by atoms with Crippen LogP contribution in [-0.2, 0) is 16.1 Å². The molecule has 0 saturated carbocycles. The number of rotatable bonds is 4. The monoisotopic (exact) mass is 408 g/mol. The first-order chi connectivity index (χ1) is 14.0. The van der Waals surface area contributed by atoms with E-state index in [0.29, 0.717) is 17.0 Å². The molecule has 148 valence electrons. The lowest BCUT2D eigenvalue weighted by atomic mass is 10.1. The summed E-state index contributed by atoms with van der Waals surface area (Å²) < 4.78 is 13.5. The minimum Gasteiger partial charge on any atom is -0.465 e. The van der Waals surface area contributed by atoms with Gasteiger partial charge in [0.25, 0.3) is 0 Å². The maximum absolute atomic E-state index is 12.8. The van der Waals surface area contributed by atoms with Gasteiger partial charge in [-0.2, -0.15) is 4.99 Å². The van der Waals surface area contributed by atoms with Crippen molar-refractivity contribution in [3.05, 3.63) is 64.2 Å². The molecular formula is C22H20N2O4S. The van der Waals surface area contributed by atoms with Crippen molar-refractivity contribution in [2.24, 2.45) is 4.99 Å². The number of ether oxygens (including phenoxy) is 1. The number of carbonyl (C=O) groups is 2. The molecule has 0 spiro atoms. The van der Waals surface area contributed by atoms with E-state index in [4.69, 9.17) is 9.15 Å². The van der Waals surface area contributed by atoms with Crippen LogP contribution in [0.3, 0.4) is 0 Å². The summed E-state index contributed by atoms with van der Waals surface area (Å²) in [7, 11) is 0. The Hall–Kier alpha value is -3.19. The SMILES string of the molecule is CCOC(=O)Cn1c(=NC(=O)c2cc3ccccc3o2)sc2c(C)cc(C)cc21. The summed E-state index contributed by atoms with van der Waals surface area (Å²) in [6.07, 6.45) is 0. The lowest BCUT2D eigenvalue weighted by molar-refractivity contribution is -0.143. The number of nitrogens with zero attached hydrogens (tertiary/aromatic N) is 2. The quantitative estimate of drug-likeness (QED) is 0.470. The molecule has 0 unspecified atom stereocenters. The van der Waals surface area contributed by atoms with Crippen LogP contribution in [0.25, 0.3) is 21.2 Å². The molecule has 0 N–H and O–H groups in total. The van der Waals surface area contributed by atoms with Gasteiger partial charge in [-0.15, -0.1) is 0 Å². The van der Waals surface area contributed by atoms with E-state index in [1.807, 2.05) is 38.1 Å². The molecule has 1 amide bonds. The van der Waals surface area contributed by atoms with Gasteiger partial charge in [-0.25, -0.2) is 0 Å². The van der Waals surface area contributed by atoms with Crippen molar-refractivity contribution in [2.45, 2.75) is 27.3 Å². The zero-order valence-electron chi connectivity index (χ0n) is 16.4. The fraction of sp³-hybridized carbons (Fsp3) is 0.227. The van der Waals surface area contributed by atoms with Crippen LogP contribution >= 0.6 is 11.3 Å². The van der Waals surface area contributed by atoms with Crippen LogP contribution in [0.1, 0.15) is 28.6 Å². The van der Waals surface area contributed by atoms with Crippen LogP contribution in [0, 0.1) is 13.8 Å². The Balaban J connectivity index is 1.85. The van der Waals surface area contributed by atoms with Crippen molar-refractivity contribution in [2.75, 3.05) is 6.61 Å². The smallest absolute Gasteiger partial charge is 0.326 e. The zero-order valence-corrected chi connectivity index (χ0v) is 17.2. The molecule has 0 fully saturated rings. The molecule has 0 aliphatic rings. The van der Waals surface area contributed by atoms with E-state index < -0.39 is 5.91 Å². The molecule has 0 saturated heterocycles. The van der Waals surface area contributed by atoms with E-state index in [-0.39, 0.29) is 18.3 Å². The highest BCUT2D eigenvalue weighted by Crippen LogP contribution is 2.24. The minimum atomic E-state index is -0.486. The number of para-hydroxylation sites is 1. The molecule has 4 aromatic rings. The predicted molar refractivity (Wildman–Crippen MR) is 112 cm³/mol. The maximum Gasteiger partial charge on any atom is 0.326 e. The number of hydrogen-bond acceptors (Lipinski definition) is 5. The highest BCUT2D eigenvalue weighted by atomic mass is 32.1. The number of aryl methyl sites for hydroxylation is 2. The highest BCUT2D eigenvalue weighted by Gasteiger charge is 2.16. The minimum absolute atomic E-state index is 0.0109. The van der Waals surface area contributed by atoms with Gasteiger partial charge >= 0.3 is 11.9 Å². The normalized spacial score (nSPS) is 12.0. The van der Waals surface area contributed by atoms with Gasteiger partial charge in [0.2, 0.25) is 0 Å². The molecule has 0 aliphatic carbocycles. The lowest BCUT2D eigenvalue weighted by Crippen LogP contribution is -2.23. The van der Waals surface area contributed by atoms with Crippen LogP contribution in [0.4, 0.5) is 0 Å². The number of fused-ring (bicyclic) bond motifs is 2. The molecular weight excluding hydrogens is 388 g/mol. The van der Waals surface area contributed by atoms with Crippen LogP contribution in [-0.4, -0.2) is 23.1 Å². The topological polar surface area (TPSA) is 73.8 Å². The van der Waals surface area contributed by atoms with Crippen molar-refractivity contribution in [1.82, 2.24) is 4.57 Å². The van der Waals surface area contributed by atoms with Gasteiger partial charge in [0.05, 0.1) is 16.8 Å². The van der Waals surface area contributed by atoms with Gasteiger partial charge in [0.1, 0.15) is 12.1 Å². The summed E-state index contributed by atoms with van der Waals surface area (Å²) in [6.45, 7) is 6.05. The Morgan fingerprint density at radius 1 is 1.17 bits per heavy atom. The number of benzene rings is 2. The summed E-state index contributed by atoms with van der Waals surface area (Å²) >= 11 is 1.38. The van der Waals surface area contributed by atoms with Crippen LogP contribution in [0.15, 0.2) is 51.9 Å². The molecule has 0 aliphatic heterocycles. The maximum atomic E-state index is 12.8. The fourth-order valence-corrected chi connectivity index (χ4v) is 4.39. The third-order valence-electron chi connectivity index (χ3n) is 4.54. The predicted octanol–water partition coefficient (Wildman–Crippen LogP) is 4.37. The van der Waals surface area contributed by atoms with E-state index in [1.165, 1.54) is 11.3 Å². The average molecular weight is 408 g/mol. The molecule has 2 aromatic heterocycles. The van der Waals surface area contributed by atoms with E-state index in [9.17, 15) is 9.59 Å². The van der Waals surface area contributed by atoms with Gasteiger partial charge in [0, 0.05) is 5.39 Å². The summed E-state index contributed by atoms with van der Waals surface area (Å²) in [5.74, 6) is -0.692. The van der Waals surface area contributed by atoms with E-state index in [0.717, 1.165) is 26.7 Å². The first-order valence-corrected chi connectivity index (χ1v) is 10.1. The second-order valence-electron chi connectivity index (χ2n) is 6.77. The second kappa shape index (κ2) is 7.67. The van der Waals surface area contributed by atoms with Crippen LogP contribution in [0.2, 0.25) is 0 Å². The van der Waals surface area contributed by atoms with Crippen molar-refractivity contribution in [3.63, 3.8) is 0 Å². The third-order valence-corrected chi connectivity index (χ3v) is 5.77. The molecule has 0 radical (unpaired) electrons. The number of aromatic nitrogens is 1. The number of amides is 1. The summed E-state index contributed by atoms with van der Waals surface area (Å²) in [5, 5.41) is 0.841. The third kappa shape index (κ3) is 3.73. The standard InChI is InChI=1S/C22H20N2O4S/c1-4-27-19(25)12-24-16-10-13(2)9-14(3)20(16)29-22(24)23-21(26)18-11-15-7-5-6-8-17(15)28-18/h5-11H,4,12H2,1-3H3. The van der Waals surface area contributed by atoms with E-state index in [1.54, 1.807) is 23.6 Å². The summed E-state index contributed by atoms with van der Waals surface area (Å²) in [6, 6.07) is 13.1. The Kier molecular flexibility index (Phi) is 5.07. The number of thiazole rings is 1. The van der Waals surface area contributed by atoms with Gasteiger partial charge in [-0.05, 0) is 50.1 Å². The molecule has 29 heavy (non-hydrogen) atoms. The second-order valence-corrected chi connectivity index (χ2v) is 7.75. The lowest BCUT2D eigenvalue weighted by Gasteiger charge is -2.06. The van der Waals surface area contributed by atoms with Crippen LogP contribution < -0.4 is 4.80 Å². The number of esters is 1. The molecule has 0 bridgehead atoms. The summed E-state index contributed by atoms with van der Waals surface area (Å²) in [4.78, 5) is 29.7.